The standard InChI is InChI=1S/C22H24ClNO/c1-14-9-10-16(12-15(14)2)21-8-5-11-24(21)22(25)19-13-18(19)17-6-3-4-7-20(17)23/h3-4,6-7,9-10,12,18-19,21H,5,8,11,13H2,1-2H3. The topological polar surface area (TPSA) is 20.3 Å². The van der Waals surface area contributed by atoms with Crippen molar-refractivity contribution in [3.05, 3.63) is 69.7 Å². The third-order valence-electron chi connectivity index (χ3n) is 5.86. The summed E-state index contributed by atoms with van der Waals surface area (Å²) < 4.78 is 0. The van der Waals surface area contributed by atoms with Crippen molar-refractivity contribution in [2.45, 2.75) is 45.1 Å². The highest BCUT2D eigenvalue weighted by Crippen LogP contribution is 2.51. The molecule has 4 rings (SSSR count). The zero-order valence-corrected chi connectivity index (χ0v) is 15.6. The van der Waals surface area contributed by atoms with Gasteiger partial charge in [0.2, 0.25) is 5.91 Å². The average molecular weight is 354 g/mol. The monoisotopic (exact) mass is 353 g/mol. The third kappa shape index (κ3) is 3.08. The number of hydrogen-bond donors (Lipinski definition) is 0. The molecule has 2 nitrogen and oxygen atoms in total. The van der Waals surface area contributed by atoms with Crippen LogP contribution in [0.5, 0.6) is 0 Å². The summed E-state index contributed by atoms with van der Waals surface area (Å²) in [5.74, 6) is 0.708. The van der Waals surface area contributed by atoms with Crippen molar-refractivity contribution in [1.82, 2.24) is 4.90 Å². The fraction of sp³-hybridized carbons (Fsp3) is 0.409. The normalized spacial score (nSPS) is 25.2. The molecule has 2 fully saturated rings. The van der Waals surface area contributed by atoms with E-state index in [2.05, 4.69) is 43.0 Å². The van der Waals surface area contributed by atoms with Gasteiger partial charge in [-0.2, -0.15) is 0 Å². The molecule has 2 aliphatic rings. The first-order valence-electron chi connectivity index (χ1n) is 9.18. The SMILES string of the molecule is Cc1ccc(C2CCCN2C(=O)C2CC2c2ccccc2Cl)cc1C. The van der Waals surface area contributed by atoms with Crippen molar-refractivity contribution < 1.29 is 4.79 Å². The molecule has 3 heteroatoms. The first-order chi connectivity index (χ1) is 12.1. The van der Waals surface area contributed by atoms with E-state index >= 15 is 0 Å². The van der Waals surface area contributed by atoms with Crippen LogP contribution in [0.1, 0.15) is 53.5 Å². The Kier molecular flexibility index (Phi) is 4.33. The summed E-state index contributed by atoms with van der Waals surface area (Å²) in [5, 5.41) is 0.787. The van der Waals surface area contributed by atoms with Crippen molar-refractivity contribution in [2.24, 2.45) is 5.92 Å². The highest BCUT2D eigenvalue weighted by molar-refractivity contribution is 6.31. The van der Waals surface area contributed by atoms with E-state index in [0.717, 1.165) is 36.4 Å². The average Bonchev–Trinajstić information content (AvgIpc) is 3.24. The molecule has 0 radical (unpaired) electrons. The van der Waals surface area contributed by atoms with Crippen LogP contribution in [0.15, 0.2) is 42.5 Å². The summed E-state index contributed by atoms with van der Waals surface area (Å²) in [6.45, 7) is 5.16. The van der Waals surface area contributed by atoms with E-state index in [4.69, 9.17) is 11.6 Å². The largest absolute Gasteiger partial charge is 0.335 e. The molecule has 1 heterocycles. The number of benzene rings is 2. The van der Waals surface area contributed by atoms with Gasteiger partial charge in [-0.3, -0.25) is 4.79 Å². The minimum Gasteiger partial charge on any atom is -0.335 e. The Labute approximate surface area is 154 Å². The predicted molar refractivity (Wildman–Crippen MR) is 102 cm³/mol. The number of carbonyl (C=O) groups is 1. The van der Waals surface area contributed by atoms with E-state index in [0.29, 0.717) is 11.8 Å². The molecule has 1 saturated carbocycles. The smallest absolute Gasteiger partial charge is 0.226 e. The second kappa shape index (κ2) is 6.49. The second-order valence-corrected chi connectivity index (χ2v) is 7.91. The molecule has 0 bridgehead atoms. The van der Waals surface area contributed by atoms with Gasteiger partial charge in [0.05, 0.1) is 6.04 Å². The van der Waals surface area contributed by atoms with Gasteiger partial charge in [0.1, 0.15) is 0 Å². The van der Waals surface area contributed by atoms with Crippen LogP contribution in [0, 0.1) is 19.8 Å². The zero-order valence-electron chi connectivity index (χ0n) is 14.8. The highest BCUT2D eigenvalue weighted by atomic mass is 35.5. The Morgan fingerprint density at radius 1 is 1.12 bits per heavy atom. The lowest BCUT2D eigenvalue weighted by Gasteiger charge is -2.26. The molecule has 1 saturated heterocycles. The minimum atomic E-state index is 0.104. The number of likely N-dealkylation sites (tertiary alicyclic amines) is 1. The molecule has 1 aliphatic carbocycles. The van der Waals surface area contributed by atoms with Crippen LogP contribution in [0.2, 0.25) is 5.02 Å². The van der Waals surface area contributed by atoms with Crippen LogP contribution in [-0.4, -0.2) is 17.4 Å². The molecule has 25 heavy (non-hydrogen) atoms. The molecule has 0 N–H and O–H groups in total. The molecule has 130 valence electrons. The Morgan fingerprint density at radius 2 is 1.92 bits per heavy atom. The lowest BCUT2D eigenvalue weighted by atomic mass is 9.99. The molecule has 3 atom stereocenters. The molecule has 2 aromatic carbocycles. The summed E-state index contributed by atoms with van der Waals surface area (Å²) in [6, 6.07) is 14.8. The van der Waals surface area contributed by atoms with E-state index in [1.54, 1.807) is 0 Å². The van der Waals surface area contributed by atoms with E-state index in [1.807, 2.05) is 18.2 Å². The number of hydrogen-bond acceptors (Lipinski definition) is 1. The van der Waals surface area contributed by atoms with Gasteiger partial charge in [0, 0.05) is 17.5 Å². The van der Waals surface area contributed by atoms with Crippen LogP contribution < -0.4 is 0 Å². The molecular formula is C22H24ClNO. The van der Waals surface area contributed by atoms with Gasteiger partial charge in [0.25, 0.3) is 0 Å². The molecule has 1 aliphatic heterocycles. The fourth-order valence-corrected chi connectivity index (χ4v) is 4.43. The third-order valence-corrected chi connectivity index (χ3v) is 6.21. The Balaban J connectivity index is 1.52. The van der Waals surface area contributed by atoms with E-state index < -0.39 is 0 Å². The van der Waals surface area contributed by atoms with Crippen LogP contribution >= 0.6 is 11.6 Å². The minimum absolute atomic E-state index is 0.104. The molecule has 0 spiro atoms. The number of nitrogens with zero attached hydrogens (tertiary/aromatic N) is 1. The fourth-order valence-electron chi connectivity index (χ4n) is 4.15. The second-order valence-electron chi connectivity index (χ2n) is 7.50. The Morgan fingerprint density at radius 3 is 2.68 bits per heavy atom. The van der Waals surface area contributed by atoms with Crippen LogP contribution in [-0.2, 0) is 4.79 Å². The van der Waals surface area contributed by atoms with E-state index in [-0.39, 0.29) is 12.0 Å². The van der Waals surface area contributed by atoms with Gasteiger partial charge in [-0.1, -0.05) is 48.0 Å². The summed E-state index contributed by atoms with van der Waals surface area (Å²) >= 11 is 6.32. The Bertz CT molecular complexity index is 815. The van der Waals surface area contributed by atoms with Gasteiger partial charge < -0.3 is 4.90 Å². The van der Waals surface area contributed by atoms with Gasteiger partial charge in [-0.15, -0.1) is 0 Å². The first-order valence-corrected chi connectivity index (χ1v) is 9.56. The summed E-state index contributed by atoms with van der Waals surface area (Å²) in [7, 11) is 0. The molecule has 1 amide bonds. The number of aryl methyl sites for hydroxylation is 2. The maximum absolute atomic E-state index is 13.1. The summed E-state index contributed by atoms with van der Waals surface area (Å²) in [4.78, 5) is 15.2. The van der Waals surface area contributed by atoms with Crippen LogP contribution in [0.25, 0.3) is 0 Å². The van der Waals surface area contributed by atoms with Crippen molar-refractivity contribution in [3.8, 4) is 0 Å². The molecule has 3 unspecified atom stereocenters. The molecule has 2 aromatic rings. The number of rotatable bonds is 3. The van der Waals surface area contributed by atoms with Crippen molar-refractivity contribution in [2.75, 3.05) is 6.54 Å². The van der Waals surface area contributed by atoms with Crippen molar-refractivity contribution in [3.63, 3.8) is 0 Å². The van der Waals surface area contributed by atoms with Crippen molar-refractivity contribution in [1.29, 1.82) is 0 Å². The molecular weight excluding hydrogens is 330 g/mol. The van der Waals surface area contributed by atoms with Gasteiger partial charge in [-0.05, 0) is 67.3 Å². The van der Waals surface area contributed by atoms with Gasteiger partial charge in [-0.25, -0.2) is 0 Å². The van der Waals surface area contributed by atoms with Gasteiger partial charge in [0.15, 0.2) is 0 Å². The quantitative estimate of drug-likeness (QED) is 0.721. The van der Waals surface area contributed by atoms with Crippen LogP contribution in [0.3, 0.4) is 0 Å². The highest BCUT2D eigenvalue weighted by Gasteiger charge is 2.48. The number of halogens is 1. The van der Waals surface area contributed by atoms with E-state index in [9.17, 15) is 4.79 Å². The zero-order chi connectivity index (χ0) is 17.6. The first kappa shape index (κ1) is 16.7. The maximum atomic E-state index is 13.1. The number of amides is 1. The molecule has 0 aromatic heterocycles. The maximum Gasteiger partial charge on any atom is 0.226 e. The predicted octanol–water partition coefficient (Wildman–Crippen LogP) is 5.42. The van der Waals surface area contributed by atoms with E-state index in [1.165, 1.54) is 16.7 Å². The summed E-state index contributed by atoms with van der Waals surface area (Å²) in [6.07, 6.45) is 3.09. The lowest BCUT2D eigenvalue weighted by Crippen LogP contribution is -2.32. The Hall–Kier alpha value is -1.80. The van der Waals surface area contributed by atoms with Gasteiger partial charge >= 0.3 is 0 Å². The van der Waals surface area contributed by atoms with Crippen LogP contribution in [0.4, 0.5) is 0 Å². The van der Waals surface area contributed by atoms with Crippen molar-refractivity contribution >= 4 is 17.5 Å². The lowest BCUT2D eigenvalue weighted by molar-refractivity contribution is -0.133. The summed E-state index contributed by atoms with van der Waals surface area (Å²) in [5.41, 5.74) is 5.02. The number of carbonyl (C=O) groups excluding carboxylic acids is 1.